The molecule has 1 unspecified atom stereocenters. The fourth-order valence-corrected chi connectivity index (χ4v) is 4.21. The van der Waals surface area contributed by atoms with Gasteiger partial charge in [-0.1, -0.05) is 29.8 Å². The van der Waals surface area contributed by atoms with E-state index in [4.69, 9.17) is 4.74 Å². The highest BCUT2D eigenvalue weighted by Crippen LogP contribution is 2.24. The molecule has 0 N–H and O–H groups in total. The Morgan fingerprint density at radius 3 is 2.41 bits per heavy atom. The Morgan fingerprint density at radius 1 is 1.15 bits per heavy atom. The highest BCUT2D eigenvalue weighted by Gasteiger charge is 2.23. The van der Waals surface area contributed by atoms with Crippen LogP contribution in [0.1, 0.15) is 37.4 Å². The van der Waals surface area contributed by atoms with Gasteiger partial charge in [0.25, 0.3) is 0 Å². The number of benzene rings is 2. The molecule has 27 heavy (non-hydrogen) atoms. The fourth-order valence-electron chi connectivity index (χ4n) is 2.98. The van der Waals surface area contributed by atoms with Crippen LogP contribution in [0.4, 0.5) is 0 Å². The predicted molar refractivity (Wildman–Crippen MR) is 107 cm³/mol. The summed E-state index contributed by atoms with van der Waals surface area (Å²) in [5, 5.41) is 0. The van der Waals surface area contributed by atoms with Crippen LogP contribution in [0.3, 0.4) is 0 Å². The van der Waals surface area contributed by atoms with Crippen molar-refractivity contribution < 1.29 is 17.9 Å². The van der Waals surface area contributed by atoms with Crippen molar-refractivity contribution in [2.24, 2.45) is 0 Å². The molecule has 2 rings (SSSR count). The second kappa shape index (κ2) is 9.04. The number of methoxy groups -OCH3 is 1. The number of sulfone groups is 1. The first-order valence-corrected chi connectivity index (χ1v) is 10.7. The third-order valence-corrected chi connectivity index (χ3v) is 6.40. The molecule has 0 spiro atoms. The van der Waals surface area contributed by atoms with Crippen LogP contribution in [0, 0.1) is 6.92 Å². The van der Waals surface area contributed by atoms with Gasteiger partial charge in [0.2, 0.25) is 5.91 Å². The summed E-state index contributed by atoms with van der Waals surface area (Å²) in [5.41, 5.74) is 1.94. The zero-order valence-corrected chi connectivity index (χ0v) is 17.1. The summed E-state index contributed by atoms with van der Waals surface area (Å²) in [7, 11) is -1.88. The van der Waals surface area contributed by atoms with Gasteiger partial charge in [0.15, 0.2) is 9.84 Å². The van der Waals surface area contributed by atoms with Gasteiger partial charge in [-0.3, -0.25) is 4.79 Å². The minimum atomic E-state index is -3.48. The van der Waals surface area contributed by atoms with Gasteiger partial charge in [-0.05, 0) is 50.6 Å². The number of nitrogens with zero attached hydrogens (tertiary/aromatic N) is 1. The first-order valence-electron chi connectivity index (χ1n) is 9.01. The summed E-state index contributed by atoms with van der Waals surface area (Å²) in [6, 6.07) is 14.1. The van der Waals surface area contributed by atoms with Crippen LogP contribution in [-0.4, -0.2) is 38.6 Å². The van der Waals surface area contributed by atoms with Crippen LogP contribution in [0.2, 0.25) is 0 Å². The summed E-state index contributed by atoms with van der Waals surface area (Å²) in [6.45, 7) is 6.23. The number of ether oxygens (including phenoxy) is 1. The van der Waals surface area contributed by atoms with Crippen molar-refractivity contribution >= 4 is 15.7 Å². The molecule has 1 atom stereocenters. The van der Waals surface area contributed by atoms with Crippen molar-refractivity contribution in [3.63, 3.8) is 0 Å². The smallest absolute Gasteiger partial charge is 0.224 e. The molecule has 0 heterocycles. The molecule has 2 aromatic rings. The van der Waals surface area contributed by atoms with E-state index in [1.807, 2.05) is 45.0 Å². The van der Waals surface area contributed by atoms with Crippen molar-refractivity contribution in [2.45, 2.75) is 38.1 Å². The molecule has 0 aliphatic carbocycles. The molecule has 0 bridgehead atoms. The summed E-state index contributed by atoms with van der Waals surface area (Å²) >= 11 is 0. The number of aryl methyl sites for hydroxylation is 1. The van der Waals surface area contributed by atoms with Crippen molar-refractivity contribution in [2.75, 3.05) is 19.4 Å². The Bertz CT molecular complexity index is 875. The lowest BCUT2D eigenvalue weighted by atomic mass is 10.1. The molecule has 1 amide bonds. The lowest BCUT2D eigenvalue weighted by Crippen LogP contribution is -2.34. The summed E-state index contributed by atoms with van der Waals surface area (Å²) in [5.74, 6) is 0.351. The zero-order valence-electron chi connectivity index (χ0n) is 16.3. The SMILES string of the molecule is CCN(C(=O)CCS(=O)(=O)c1ccc(C)cc1)C(C)c1cccc(OC)c1. The maximum absolute atomic E-state index is 12.7. The van der Waals surface area contributed by atoms with E-state index in [1.54, 1.807) is 36.3 Å². The lowest BCUT2D eigenvalue weighted by Gasteiger charge is -2.28. The van der Waals surface area contributed by atoms with Crippen molar-refractivity contribution in [1.29, 1.82) is 0 Å². The van der Waals surface area contributed by atoms with E-state index in [9.17, 15) is 13.2 Å². The largest absolute Gasteiger partial charge is 0.497 e. The van der Waals surface area contributed by atoms with E-state index >= 15 is 0 Å². The highest BCUT2D eigenvalue weighted by atomic mass is 32.2. The number of carbonyl (C=O) groups excluding carboxylic acids is 1. The van der Waals surface area contributed by atoms with Crippen LogP contribution in [-0.2, 0) is 14.6 Å². The maximum Gasteiger partial charge on any atom is 0.224 e. The van der Waals surface area contributed by atoms with E-state index in [2.05, 4.69) is 0 Å². The van der Waals surface area contributed by atoms with Crippen LogP contribution in [0.15, 0.2) is 53.4 Å². The van der Waals surface area contributed by atoms with Gasteiger partial charge in [-0.15, -0.1) is 0 Å². The van der Waals surface area contributed by atoms with Gasteiger partial charge in [0.1, 0.15) is 5.75 Å². The number of amides is 1. The molecule has 0 aromatic heterocycles. The first-order chi connectivity index (χ1) is 12.8. The van der Waals surface area contributed by atoms with E-state index in [0.717, 1.165) is 16.9 Å². The van der Waals surface area contributed by atoms with E-state index < -0.39 is 9.84 Å². The molecule has 0 saturated heterocycles. The quantitative estimate of drug-likeness (QED) is 0.689. The van der Waals surface area contributed by atoms with Crippen molar-refractivity contribution in [3.8, 4) is 5.75 Å². The molecule has 0 fully saturated rings. The molecular weight excluding hydrogens is 362 g/mol. The summed E-state index contributed by atoms with van der Waals surface area (Å²) in [6.07, 6.45) is -0.0433. The maximum atomic E-state index is 12.7. The Kier molecular flexibility index (Phi) is 7.02. The Hall–Kier alpha value is -2.34. The van der Waals surface area contributed by atoms with E-state index in [0.29, 0.717) is 6.54 Å². The van der Waals surface area contributed by atoms with Gasteiger partial charge in [0.05, 0.1) is 23.8 Å². The molecule has 6 heteroatoms. The molecule has 0 saturated carbocycles. The normalized spacial score (nSPS) is 12.4. The van der Waals surface area contributed by atoms with Gasteiger partial charge in [-0.25, -0.2) is 8.42 Å². The third-order valence-electron chi connectivity index (χ3n) is 4.67. The van der Waals surface area contributed by atoms with Gasteiger partial charge >= 0.3 is 0 Å². The standard InChI is InChI=1S/C21H27NO4S/c1-5-22(17(3)18-7-6-8-19(15-18)26-4)21(23)13-14-27(24,25)20-11-9-16(2)10-12-20/h6-12,15,17H,5,13-14H2,1-4H3. The van der Waals surface area contributed by atoms with Crippen LogP contribution in [0.25, 0.3) is 0 Å². The predicted octanol–water partition coefficient (Wildman–Crippen LogP) is 3.78. The Morgan fingerprint density at radius 2 is 1.81 bits per heavy atom. The lowest BCUT2D eigenvalue weighted by molar-refractivity contribution is -0.132. The molecular formula is C21H27NO4S. The average molecular weight is 390 g/mol. The van der Waals surface area contributed by atoms with Crippen LogP contribution >= 0.6 is 0 Å². The average Bonchev–Trinajstić information content (AvgIpc) is 2.67. The van der Waals surface area contributed by atoms with Gasteiger partial charge in [-0.2, -0.15) is 0 Å². The van der Waals surface area contributed by atoms with E-state index in [1.165, 1.54) is 0 Å². The number of hydrogen-bond donors (Lipinski definition) is 0. The number of hydrogen-bond acceptors (Lipinski definition) is 4. The second-order valence-corrected chi connectivity index (χ2v) is 8.62. The van der Waals surface area contributed by atoms with Crippen LogP contribution in [0.5, 0.6) is 5.75 Å². The van der Waals surface area contributed by atoms with E-state index in [-0.39, 0.29) is 29.0 Å². The zero-order chi connectivity index (χ0) is 20.0. The molecule has 5 nitrogen and oxygen atoms in total. The van der Waals surface area contributed by atoms with Crippen molar-refractivity contribution in [1.82, 2.24) is 4.90 Å². The number of carbonyl (C=O) groups is 1. The molecule has 0 radical (unpaired) electrons. The summed E-state index contributed by atoms with van der Waals surface area (Å²) < 4.78 is 30.2. The topological polar surface area (TPSA) is 63.7 Å². The van der Waals surface area contributed by atoms with Crippen molar-refractivity contribution in [3.05, 3.63) is 59.7 Å². The Balaban J connectivity index is 2.08. The monoisotopic (exact) mass is 389 g/mol. The minimum absolute atomic E-state index is 0.0433. The highest BCUT2D eigenvalue weighted by molar-refractivity contribution is 7.91. The van der Waals surface area contributed by atoms with Gasteiger partial charge in [0, 0.05) is 13.0 Å². The third kappa shape index (κ3) is 5.32. The molecule has 2 aromatic carbocycles. The fraction of sp³-hybridized carbons (Fsp3) is 0.381. The van der Waals surface area contributed by atoms with Crippen LogP contribution < -0.4 is 4.74 Å². The molecule has 146 valence electrons. The van der Waals surface area contributed by atoms with Gasteiger partial charge < -0.3 is 9.64 Å². The molecule has 0 aliphatic heterocycles. The molecule has 0 aliphatic rings. The summed E-state index contributed by atoms with van der Waals surface area (Å²) in [4.78, 5) is 14.7. The first kappa shape index (κ1) is 21.0. The minimum Gasteiger partial charge on any atom is -0.497 e. The number of rotatable bonds is 8. The Labute approximate surface area is 161 Å². The second-order valence-electron chi connectivity index (χ2n) is 6.51.